The molecule has 2 aliphatic heterocycles. The molecule has 2 N–H and O–H groups in total. The number of hydrogen-bond acceptors (Lipinski definition) is 4. The standard InChI is InChI=1S/C15H23N3O/c1-19-13-4-5-15(14(16)10-13)18-9-6-12(11-18)17-7-2-3-8-17/h4-5,10,12H,2-3,6-9,11,16H2,1H3. The van der Waals surface area contributed by atoms with Gasteiger partial charge in [-0.2, -0.15) is 0 Å². The summed E-state index contributed by atoms with van der Waals surface area (Å²) in [5, 5.41) is 0. The lowest BCUT2D eigenvalue weighted by Gasteiger charge is -2.25. The van der Waals surface area contributed by atoms with Gasteiger partial charge in [0, 0.05) is 25.2 Å². The topological polar surface area (TPSA) is 41.7 Å². The first-order valence-electron chi connectivity index (χ1n) is 7.20. The van der Waals surface area contributed by atoms with E-state index in [1.165, 1.54) is 32.4 Å². The van der Waals surface area contributed by atoms with E-state index in [9.17, 15) is 0 Å². The van der Waals surface area contributed by atoms with Crippen LogP contribution in [0.4, 0.5) is 11.4 Å². The second-order valence-corrected chi connectivity index (χ2v) is 5.56. The lowest BCUT2D eigenvalue weighted by Crippen LogP contribution is -2.35. The molecule has 2 aliphatic rings. The summed E-state index contributed by atoms with van der Waals surface area (Å²) in [6, 6.07) is 6.71. The zero-order chi connectivity index (χ0) is 13.2. The lowest BCUT2D eigenvalue weighted by atomic mass is 10.2. The Kier molecular flexibility index (Phi) is 3.51. The quantitative estimate of drug-likeness (QED) is 0.845. The van der Waals surface area contributed by atoms with Gasteiger partial charge in [-0.1, -0.05) is 0 Å². The molecule has 1 atom stereocenters. The van der Waals surface area contributed by atoms with Crippen molar-refractivity contribution in [1.29, 1.82) is 0 Å². The molecule has 4 heteroatoms. The summed E-state index contributed by atoms with van der Waals surface area (Å²) >= 11 is 0. The molecule has 0 amide bonds. The predicted octanol–water partition coefficient (Wildman–Crippen LogP) is 1.95. The van der Waals surface area contributed by atoms with Crippen LogP contribution in [0.25, 0.3) is 0 Å². The minimum Gasteiger partial charge on any atom is -0.497 e. The maximum atomic E-state index is 6.14. The fraction of sp³-hybridized carbons (Fsp3) is 0.600. The number of methoxy groups -OCH3 is 1. The molecule has 1 aromatic carbocycles. The number of anilines is 2. The van der Waals surface area contributed by atoms with Crippen LogP contribution < -0.4 is 15.4 Å². The van der Waals surface area contributed by atoms with Gasteiger partial charge in [-0.3, -0.25) is 4.90 Å². The van der Waals surface area contributed by atoms with Crippen molar-refractivity contribution in [2.75, 3.05) is 43.9 Å². The van der Waals surface area contributed by atoms with E-state index >= 15 is 0 Å². The summed E-state index contributed by atoms with van der Waals surface area (Å²) < 4.78 is 5.21. The van der Waals surface area contributed by atoms with Crippen LogP contribution in [0.15, 0.2) is 18.2 Å². The van der Waals surface area contributed by atoms with Gasteiger partial charge in [0.2, 0.25) is 0 Å². The van der Waals surface area contributed by atoms with Gasteiger partial charge in [0.05, 0.1) is 18.5 Å². The average molecular weight is 261 g/mol. The molecule has 0 radical (unpaired) electrons. The fourth-order valence-electron chi connectivity index (χ4n) is 3.31. The van der Waals surface area contributed by atoms with Crippen molar-refractivity contribution >= 4 is 11.4 Å². The summed E-state index contributed by atoms with van der Waals surface area (Å²) in [4.78, 5) is 5.05. The molecule has 19 heavy (non-hydrogen) atoms. The Bertz CT molecular complexity index is 443. The molecule has 1 aromatic rings. The molecular formula is C15H23N3O. The molecule has 1 unspecified atom stereocenters. The number of hydrogen-bond donors (Lipinski definition) is 1. The first kappa shape index (κ1) is 12.6. The molecule has 2 fully saturated rings. The van der Waals surface area contributed by atoms with E-state index in [1.807, 2.05) is 12.1 Å². The highest BCUT2D eigenvalue weighted by Gasteiger charge is 2.29. The highest BCUT2D eigenvalue weighted by molar-refractivity contribution is 5.70. The molecule has 0 bridgehead atoms. The maximum absolute atomic E-state index is 6.14. The Hall–Kier alpha value is -1.42. The minimum absolute atomic E-state index is 0.712. The van der Waals surface area contributed by atoms with Crippen LogP contribution in [-0.4, -0.2) is 44.2 Å². The van der Waals surface area contributed by atoms with Crippen LogP contribution in [0.3, 0.4) is 0 Å². The zero-order valence-electron chi connectivity index (χ0n) is 11.6. The van der Waals surface area contributed by atoms with E-state index in [2.05, 4.69) is 15.9 Å². The summed E-state index contributed by atoms with van der Waals surface area (Å²) in [7, 11) is 1.67. The second-order valence-electron chi connectivity index (χ2n) is 5.56. The summed E-state index contributed by atoms with van der Waals surface area (Å²) in [6.07, 6.45) is 3.98. The maximum Gasteiger partial charge on any atom is 0.121 e. The highest BCUT2D eigenvalue weighted by Crippen LogP contribution is 2.31. The third-order valence-corrected chi connectivity index (χ3v) is 4.40. The predicted molar refractivity (Wildman–Crippen MR) is 78.8 cm³/mol. The summed E-state index contributed by atoms with van der Waals surface area (Å²) in [5.74, 6) is 0.830. The SMILES string of the molecule is COc1ccc(N2CCC(N3CCCC3)C2)c(N)c1. The van der Waals surface area contributed by atoms with Crippen molar-refractivity contribution < 1.29 is 4.74 Å². The Labute approximate surface area is 115 Å². The van der Waals surface area contributed by atoms with E-state index in [0.717, 1.165) is 30.2 Å². The van der Waals surface area contributed by atoms with E-state index < -0.39 is 0 Å². The smallest absolute Gasteiger partial charge is 0.121 e. The van der Waals surface area contributed by atoms with Crippen LogP contribution in [0.2, 0.25) is 0 Å². The zero-order valence-corrected chi connectivity index (χ0v) is 11.6. The molecular weight excluding hydrogens is 238 g/mol. The first-order chi connectivity index (χ1) is 9.28. The van der Waals surface area contributed by atoms with Crippen LogP contribution >= 0.6 is 0 Å². The van der Waals surface area contributed by atoms with Gasteiger partial charge in [0.25, 0.3) is 0 Å². The molecule has 2 saturated heterocycles. The van der Waals surface area contributed by atoms with Crippen LogP contribution in [0.1, 0.15) is 19.3 Å². The molecule has 0 spiro atoms. The largest absolute Gasteiger partial charge is 0.497 e. The van der Waals surface area contributed by atoms with Crippen molar-refractivity contribution in [2.45, 2.75) is 25.3 Å². The van der Waals surface area contributed by atoms with Crippen molar-refractivity contribution in [3.63, 3.8) is 0 Å². The number of benzene rings is 1. The number of nitrogens with two attached hydrogens (primary N) is 1. The van der Waals surface area contributed by atoms with Crippen molar-refractivity contribution in [3.8, 4) is 5.75 Å². The highest BCUT2D eigenvalue weighted by atomic mass is 16.5. The molecule has 0 saturated carbocycles. The Morgan fingerprint density at radius 1 is 1.21 bits per heavy atom. The second kappa shape index (κ2) is 5.29. The average Bonchev–Trinajstić information content (AvgIpc) is 3.09. The van der Waals surface area contributed by atoms with E-state index in [-0.39, 0.29) is 0 Å². The van der Waals surface area contributed by atoms with E-state index in [4.69, 9.17) is 10.5 Å². The number of rotatable bonds is 3. The first-order valence-corrected chi connectivity index (χ1v) is 7.20. The molecule has 0 aliphatic carbocycles. The number of nitrogens with zero attached hydrogens (tertiary/aromatic N) is 2. The molecule has 3 rings (SSSR count). The van der Waals surface area contributed by atoms with Crippen molar-refractivity contribution in [1.82, 2.24) is 4.90 Å². The van der Waals surface area contributed by atoms with Crippen LogP contribution in [-0.2, 0) is 0 Å². The molecule has 4 nitrogen and oxygen atoms in total. The number of nitrogen functional groups attached to an aromatic ring is 1. The summed E-state index contributed by atoms with van der Waals surface area (Å²) in [6.45, 7) is 4.77. The third kappa shape index (κ3) is 2.50. The summed E-state index contributed by atoms with van der Waals surface area (Å²) in [5.41, 5.74) is 8.12. The van der Waals surface area contributed by atoms with Gasteiger partial charge in [-0.25, -0.2) is 0 Å². The fourth-order valence-corrected chi connectivity index (χ4v) is 3.31. The van der Waals surface area contributed by atoms with Gasteiger partial charge in [0.15, 0.2) is 0 Å². The van der Waals surface area contributed by atoms with Crippen molar-refractivity contribution in [3.05, 3.63) is 18.2 Å². The third-order valence-electron chi connectivity index (χ3n) is 4.40. The Morgan fingerprint density at radius 2 is 2.00 bits per heavy atom. The van der Waals surface area contributed by atoms with Gasteiger partial charge in [-0.05, 0) is 44.5 Å². The van der Waals surface area contributed by atoms with Crippen LogP contribution in [0, 0.1) is 0 Å². The van der Waals surface area contributed by atoms with Gasteiger partial charge >= 0.3 is 0 Å². The normalized spacial score (nSPS) is 24.1. The lowest BCUT2D eigenvalue weighted by molar-refractivity contribution is 0.260. The Balaban J connectivity index is 1.70. The van der Waals surface area contributed by atoms with E-state index in [0.29, 0.717) is 6.04 Å². The van der Waals surface area contributed by atoms with Gasteiger partial charge in [-0.15, -0.1) is 0 Å². The Morgan fingerprint density at radius 3 is 2.68 bits per heavy atom. The molecule has 2 heterocycles. The molecule has 104 valence electrons. The van der Waals surface area contributed by atoms with E-state index in [1.54, 1.807) is 7.11 Å². The van der Waals surface area contributed by atoms with Crippen LogP contribution in [0.5, 0.6) is 5.75 Å². The monoisotopic (exact) mass is 261 g/mol. The van der Waals surface area contributed by atoms with Crippen molar-refractivity contribution in [2.24, 2.45) is 0 Å². The van der Waals surface area contributed by atoms with Gasteiger partial charge < -0.3 is 15.4 Å². The number of likely N-dealkylation sites (tertiary alicyclic amines) is 1. The number of ether oxygens (including phenoxy) is 1. The van der Waals surface area contributed by atoms with Gasteiger partial charge in [0.1, 0.15) is 5.75 Å². The molecule has 0 aromatic heterocycles. The minimum atomic E-state index is 0.712.